The molecule has 0 saturated carbocycles. The number of amides is 1. The van der Waals surface area contributed by atoms with Gasteiger partial charge in [0.05, 0.1) is 10.6 Å². The summed E-state index contributed by atoms with van der Waals surface area (Å²) >= 11 is 6.04. The summed E-state index contributed by atoms with van der Waals surface area (Å²) in [6.45, 7) is 2.16. The van der Waals surface area contributed by atoms with Crippen LogP contribution in [0.2, 0.25) is 5.02 Å². The van der Waals surface area contributed by atoms with Gasteiger partial charge in [-0.15, -0.1) is 0 Å². The maximum Gasteiger partial charge on any atom is 0.264 e. The molecule has 3 aromatic carbocycles. The van der Waals surface area contributed by atoms with Gasteiger partial charge in [-0.2, -0.15) is 0 Å². The Morgan fingerprint density at radius 1 is 1.00 bits per heavy atom. The summed E-state index contributed by atoms with van der Waals surface area (Å²) in [5.41, 5.74) is 1.61. The Morgan fingerprint density at radius 2 is 1.72 bits per heavy atom. The van der Waals surface area contributed by atoms with E-state index in [9.17, 15) is 13.2 Å². The summed E-state index contributed by atoms with van der Waals surface area (Å²) in [6.07, 6.45) is 0. The Labute approximate surface area is 191 Å². The minimum atomic E-state index is -4.04. The highest BCUT2D eigenvalue weighted by Crippen LogP contribution is 2.35. The summed E-state index contributed by atoms with van der Waals surface area (Å²) in [4.78, 5) is 13.0. The fraction of sp³-hybridized carbons (Fsp3) is 0.174. The first-order chi connectivity index (χ1) is 15.3. The van der Waals surface area contributed by atoms with E-state index in [0.29, 0.717) is 35.4 Å². The van der Waals surface area contributed by atoms with Crippen molar-refractivity contribution in [2.45, 2.75) is 11.8 Å². The van der Waals surface area contributed by atoms with Gasteiger partial charge in [-0.1, -0.05) is 35.9 Å². The van der Waals surface area contributed by atoms with Crippen LogP contribution in [0, 0.1) is 6.92 Å². The van der Waals surface area contributed by atoms with Gasteiger partial charge in [0.15, 0.2) is 11.5 Å². The predicted octanol–water partition coefficient (Wildman–Crippen LogP) is 4.25. The van der Waals surface area contributed by atoms with Gasteiger partial charge in [0, 0.05) is 16.8 Å². The molecule has 3 aromatic rings. The molecule has 166 valence electrons. The molecule has 0 bridgehead atoms. The average molecular weight is 473 g/mol. The van der Waals surface area contributed by atoms with Crippen LogP contribution in [0.3, 0.4) is 0 Å². The number of carbonyl (C=O) groups is 1. The molecular weight excluding hydrogens is 452 g/mol. The van der Waals surface area contributed by atoms with Gasteiger partial charge in [0.2, 0.25) is 5.91 Å². The lowest BCUT2D eigenvalue weighted by Gasteiger charge is -2.26. The largest absolute Gasteiger partial charge is 0.486 e. The van der Waals surface area contributed by atoms with Gasteiger partial charge in [-0.3, -0.25) is 9.10 Å². The standard InChI is InChI=1S/C23H21ClN2O5S/c1-16-7-8-17(24)13-20(16)25-23(27)15-26(32(28,29)19-5-3-2-4-6-19)18-9-10-21-22(14-18)31-12-11-30-21/h2-10,13-14H,11-12,15H2,1H3,(H,25,27). The van der Waals surface area contributed by atoms with Crippen LogP contribution in [0.15, 0.2) is 71.6 Å². The van der Waals surface area contributed by atoms with Crippen LogP contribution in [-0.4, -0.2) is 34.1 Å². The Hall–Kier alpha value is -3.23. The zero-order chi connectivity index (χ0) is 22.7. The third-order valence-corrected chi connectivity index (χ3v) is 6.93. The van der Waals surface area contributed by atoms with Crippen LogP contribution >= 0.6 is 11.6 Å². The number of carbonyl (C=O) groups excluding carboxylic acids is 1. The third kappa shape index (κ3) is 4.66. The lowest BCUT2D eigenvalue weighted by atomic mass is 10.2. The lowest BCUT2D eigenvalue weighted by molar-refractivity contribution is -0.114. The van der Waals surface area contributed by atoms with E-state index >= 15 is 0 Å². The molecule has 32 heavy (non-hydrogen) atoms. The molecule has 1 aliphatic rings. The molecule has 4 rings (SSSR count). The number of hydrogen-bond acceptors (Lipinski definition) is 5. The second-order valence-electron chi connectivity index (χ2n) is 7.16. The van der Waals surface area contributed by atoms with Gasteiger partial charge in [0.25, 0.3) is 10.0 Å². The van der Waals surface area contributed by atoms with Crippen molar-refractivity contribution < 1.29 is 22.7 Å². The minimum absolute atomic E-state index is 0.0709. The van der Waals surface area contributed by atoms with Crippen molar-refractivity contribution >= 4 is 38.9 Å². The second kappa shape index (κ2) is 9.10. The van der Waals surface area contributed by atoms with Gasteiger partial charge < -0.3 is 14.8 Å². The molecule has 0 unspecified atom stereocenters. The molecule has 0 fully saturated rings. The minimum Gasteiger partial charge on any atom is -0.486 e. The van der Waals surface area contributed by atoms with Crippen LogP contribution in [0.1, 0.15) is 5.56 Å². The van der Waals surface area contributed by atoms with Gasteiger partial charge >= 0.3 is 0 Å². The number of ether oxygens (including phenoxy) is 2. The fourth-order valence-corrected chi connectivity index (χ4v) is 4.88. The van der Waals surface area contributed by atoms with Gasteiger partial charge in [0.1, 0.15) is 19.8 Å². The molecule has 0 aliphatic carbocycles. The first-order valence-corrected chi connectivity index (χ1v) is 11.7. The monoisotopic (exact) mass is 472 g/mol. The Bertz CT molecular complexity index is 1250. The number of fused-ring (bicyclic) bond motifs is 1. The van der Waals surface area contributed by atoms with E-state index < -0.39 is 22.5 Å². The van der Waals surface area contributed by atoms with Crippen molar-refractivity contribution in [2.75, 3.05) is 29.4 Å². The van der Waals surface area contributed by atoms with E-state index in [4.69, 9.17) is 21.1 Å². The summed E-state index contributed by atoms with van der Waals surface area (Å²) in [6, 6.07) is 17.9. The van der Waals surface area contributed by atoms with Crippen LogP contribution in [0.25, 0.3) is 0 Å². The maximum absolute atomic E-state index is 13.5. The number of nitrogens with zero attached hydrogens (tertiary/aromatic N) is 1. The number of benzene rings is 3. The van der Waals surface area contributed by atoms with Crippen molar-refractivity contribution in [3.05, 3.63) is 77.3 Å². The zero-order valence-electron chi connectivity index (χ0n) is 17.2. The molecule has 1 N–H and O–H groups in total. The Balaban J connectivity index is 1.69. The van der Waals surface area contributed by atoms with Crippen molar-refractivity contribution in [3.8, 4) is 11.5 Å². The summed E-state index contributed by atoms with van der Waals surface area (Å²) in [5, 5.41) is 3.22. The molecule has 1 amide bonds. The van der Waals surface area contributed by atoms with E-state index in [-0.39, 0.29) is 10.6 Å². The number of hydrogen-bond donors (Lipinski definition) is 1. The summed E-state index contributed by atoms with van der Waals surface area (Å²) < 4.78 is 39.1. The maximum atomic E-state index is 13.5. The van der Waals surface area contributed by atoms with E-state index in [1.54, 1.807) is 54.6 Å². The topological polar surface area (TPSA) is 84.9 Å². The SMILES string of the molecule is Cc1ccc(Cl)cc1NC(=O)CN(c1ccc2c(c1)OCCO2)S(=O)(=O)c1ccccc1. The molecule has 0 spiro atoms. The molecule has 0 radical (unpaired) electrons. The lowest BCUT2D eigenvalue weighted by Crippen LogP contribution is -2.38. The first-order valence-electron chi connectivity index (χ1n) is 9.88. The first kappa shape index (κ1) is 22.0. The van der Waals surface area contributed by atoms with E-state index in [1.807, 2.05) is 6.92 Å². The summed E-state index contributed by atoms with van der Waals surface area (Å²) in [5.74, 6) is 0.439. The van der Waals surface area contributed by atoms with Gasteiger partial charge in [-0.25, -0.2) is 8.42 Å². The number of aryl methyl sites for hydroxylation is 1. The molecule has 0 aromatic heterocycles. The van der Waals surface area contributed by atoms with E-state index in [1.165, 1.54) is 12.1 Å². The molecule has 0 atom stereocenters. The molecule has 7 nitrogen and oxygen atoms in total. The van der Waals surface area contributed by atoms with Crippen LogP contribution in [0.5, 0.6) is 11.5 Å². The second-order valence-corrected chi connectivity index (χ2v) is 9.46. The van der Waals surface area contributed by atoms with Crippen molar-refractivity contribution in [3.63, 3.8) is 0 Å². The molecule has 0 saturated heterocycles. The summed E-state index contributed by atoms with van der Waals surface area (Å²) in [7, 11) is -4.04. The Morgan fingerprint density at radius 3 is 2.47 bits per heavy atom. The number of rotatable bonds is 6. The van der Waals surface area contributed by atoms with Crippen molar-refractivity contribution in [1.82, 2.24) is 0 Å². The molecule has 1 aliphatic heterocycles. The molecular formula is C23H21ClN2O5S. The highest BCUT2D eigenvalue weighted by molar-refractivity contribution is 7.92. The number of nitrogens with one attached hydrogen (secondary N) is 1. The average Bonchev–Trinajstić information content (AvgIpc) is 2.80. The van der Waals surface area contributed by atoms with E-state index in [0.717, 1.165) is 9.87 Å². The van der Waals surface area contributed by atoms with Crippen molar-refractivity contribution in [1.29, 1.82) is 0 Å². The number of halogens is 1. The predicted molar refractivity (Wildman–Crippen MR) is 123 cm³/mol. The highest BCUT2D eigenvalue weighted by atomic mass is 35.5. The van der Waals surface area contributed by atoms with E-state index in [2.05, 4.69) is 5.32 Å². The molecule has 1 heterocycles. The van der Waals surface area contributed by atoms with Crippen LogP contribution in [-0.2, 0) is 14.8 Å². The quantitative estimate of drug-likeness (QED) is 0.579. The van der Waals surface area contributed by atoms with Crippen molar-refractivity contribution in [2.24, 2.45) is 0 Å². The number of sulfonamides is 1. The molecule has 9 heteroatoms. The van der Waals surface area contributed by atoms with Crippen LogP contribution < -0.4 is 19.1 Å². The highest BCUT2D eigenvalue weighted by Gasteiger charge is 2.28. The number of anilines is 2. The normalized spacial score (nSPS) is 12.8. The zero-order valence-corrected chi connectivity index (χ0v) is 18.8. The smallest absolute Gasteiger partial charge is 0.264 e. The van der Waals surface area contributed by atoms with Gasteiger partial charge in [-0.05, 0) is 48.9 Å². The van der Waals surface area contributed by atoms with Crippen LogP contribution in [0.4, 0.5) is 11.4 Å². The Kier molecular flexibility index (Phi) is 6.25. The fourth-order valence-electron chi connectivity index (χ4n) is 3.27. The third-order valence-electron chi connectivity index (χ3n) is 4.91.